The van der Waals surface area contributed by atoms with Gasteiger partial charge in [-0.3, -0.25) is 9.97 Å². The summed E-state index contributed by atoms with van der Waals surface area (Å²) in [5.74, 6) is 0. The molecule has 0 saturated carbocycles. The first-order chi connectivity index (χ1) is 38.2. The highest BCUT2D eigenvalue weighted by Gasteiger charge is 2.42. The van der Waals surface area contributed by atoms with E-state index >= 15 is 0 Å². The van der Waals surface area contributed by atoms with E-state index in [-0.39, 0.29) is 6.71 Å². The van der Waals surface area contributed by atoms with Gasteiger partial charge in [-0.1, -0.05) is 152 Å². The molecular formula is C72H39BN4. The molecule has 0 saturated heterocycles. The number of hydrogen-bond donors (Lipinski definition) is 0. The van der Waals surface area contributed by atoms with Crippen LogP contribution >= 0.6 is 0 Å². The van der Waals surface area contributed by atoms with Crippen molar-refractivity contribution in [3.8, 4) is 33.6 Å². The van der Waals surface area contributed by atoms with Crippen molar-refractivity contribution in [2.45, 2.75) is 0 Å². The van der Waals surface area contributed by atoms with Gasteiger partial charge in [0.05, 0.1) is 27.6 Å². The molecule has 0 radical (unpaired) electrons. The Morgan fingerprint density at radius 3 is 1.40 bits per heavy atom. The third-order valence-electron chi connectivity index (χ3n) is 17.9. The van der Waals surface area contributed by atoms with E-state index in [0.29, 0.717) is 0 Å². The van der Waals surface area contributed by atoms with Gasteiger partial charge in [-0.2, -0.15) is 0 Å². The Bertz CT molecular complexity index is 5570. The summed E-state index contributed by atoms with van der Waals surface area (Å²) in [6, 6.07) is 84.9. The molecule has 0 atom stereocenters. The summed E-state index contributed by atoms with van der Waals surface area (Å²) < 4.78 is 5.27. The molecule has 0 spiro atoms. The summed E-state index contributed by atoms with van der Waals surface area (Å²) >= 11 is 0. The molecule has 0 bridgehead atoms. The van der Waals surface area contributed by atoms with Crippen LogP contribution in [0.25, 0.3) is 164 Å². The van der Waals surface area contributed by atoms with Crippen molar-refractivity contribution in [1.29, 1.82) is 0 Å². The Hall–Kier alpha value is -10.1. The summed E-state index contributed by atoms with van der Waals surface area (Å²) in [5, 5.41) is 22.9. The smallest absolute Gasteiger partial charge is 0.252 e. The van der Waals surface area contributed by atoms with E-state index < -0.39 is 0 Å². The Balaban J connectivity index is 1.02. The minimum absolute atomic E-state index is 0.0900. The largest absolute Gasteiger partial charge is 0.310 e. The molecule has 0 aliphatic carbocycles. The van der Waals surface area contributed by atoms with Crippen LogP contribution in [0.4, 0.5) is 0 Å². The van der Waals surface area contributed by atoms with E-state index in [4.69, 9.17) is 4.98 Å². The highest BCUT2D eigenvalue weighted by Crippen LogP contribution is 2.50. The number of fused-ring (bicyclic) bond motifs is 26. The predicted octanol–water partition coefficient (Wildman–Crippen LogP) is 16.4. The number of pyridine rings is 2. The van der Waals surface area contributed by atoms with Crippen LogP contribution in [-0.2, 0) is 0 Å². The molecule has 0 N–H and O–H groups in total. The van der Waals surface area contributed by atoms with E-state index in [1.165, 1.54) is 158 Å². The van der Waals surface area contributed by atoms with Crippen molar-refractivity contribution < 1.29 is 0 Å². The monoisotopic (exact) mass is 970 g/mol. The van der Waals surface area contributed by atoms with Crippen LogP contribution in [0.3, 0.4) is 0 Å². The lowest BCUT2D eigenvalue weighted by atomic mass is 9.34. The lowest BCUT2D eigenvalue weighted by molar-refractivity contribution is 1.14. The lowest BCUT2D eigenvalue weighted by Gasteiger charge is -2.34. The third kappa shape index (κ3) is 5.09. The lowest BCUT2D eigenvalue weighted by Crippen LogP contribution is -2.59. The second kappa shape index (κ2) is 14.4. The maximum atomic E-state index is 4.75. The Labute approximate surface area is 440 Å². The minimum atomic E-state index is -0.0900. The zero-order valence-corrected chi connectivity index (χ0v) is 41.4. The van der Waals surface area contributed by atoms with Crippen LogP contribution in [-0.4, -0.2) is 25.8 Å². The van der Waals surface area contributed by atoms with E-state index in [1.807, 2.05) is 24.5 Å². The number of rotatable bonds is 2. The van der Waals surface area contributed by atoms with Gasteiger partial charge < -0.3 is 9.13 Å². The normalized spacial score (nSPS) is 12.9. The molecule has 2 aliphatic rings. The Morgan fingerprint density at radius 1 is 0.286 bits per heavy atom. The van der Waals surface area contributed by atoms with Crippen molar-refractivity contribution in [3.63, 3.8) is 0 Å². The molecule has 19 rings (SSSR count). The molecule has 4 nitrogen and oxygen atoms in total. The Kier molecular flexibility index (Phi) is 7.53. The molecule has 17 aromatic rings. The maximum Gasteiger partial charge on any atom is 0.252 e. The molecule has 5 heteroatoms. The topological polar surface area (TPSA) is 35.6 Å². The van der Waals surface area contributed by atoms with Crippen molar-refractivity contribution in [3.05, 3.63) is 237 Å². The SMILES string of the molecule is c1cc2c3c(c1)-n1c4ccc5c6ccccc6c6ccccc6c5c4c4c5c6ccccc6c6ccccc6c5cc(c41)B3c1cc(-c3ccc4ncccc4c3)cc3c4cc(-c5ccc6ncccc6c5)ccc4n-2c13. The van der Waals surface area contributed by atoms with Gasteiger partial charge in [-0.15, -0.1) is 0 Å². The molecular weight excluding hydrogens is 932 g/mol. The van der Waals surface area contributed by atoms with Crippen LogP contribution in [0.2, 0.25) is 0 Å². The van der Waals surface area contributed by atoms with E-state index in [1.54, 1.807) is 0 Å². The second-order valence-corrected chi connectivity index (χ2v) is 21.5. The van der Waals surface area contributed by atoms with E-state index in [0.717, 1.165) is 21.8 Å². The minimum Gasteiger partial charge on any atom is -0.310 e. The molecule has 0 amide bonds. The van der Waals surface area contributed by atoms with Crippen LogP contribution in [0.15, 0.2) is 237 Å². The molecule has 77 heavy (non-hydrogen) atoms. The van der Waals surface area contributed by atoms with E-state index in [2.05, 4.69) is 226 Å². The van der Waals surface area contributed by atoms with Gasteiger partial charge in [0.15, 0.2) is 0 Å². The van der Waals surface area contributed by atoms with Gasteiger partial charge in [0, 0.05) is 72.4 Å². The number of aromatic nitrogens is 4. The number of hydrogen-bond acceptors (Lipinski definition) is 2. The molecule has 6 heterocycles. The van der Waals surface area contributed by atoms with Crippen molar-refractivity contribution in [2.24, 2.45) is 0 Å². The predicted molar refractivity (Wildman–Crippen MR) is 326 cm³/mol. The van der Waals surface area contributed by atoms with Crippen LogP contribution in [0.5, 0.6) is 0 Å². The fourth-order valence-corrected chi connectivity index (χ4v) is 14.8. The zero-order chi connectivity index (χ0) is 49.8. The Morgan fingerprint density at radius 2 is 0.766 bits per heavy atom. The molecule has 13 aromatic carbocycles. The molecule has 2 aliphatic heterocycles. The van der Waals surface area contributed by atoms with Crippen molar-refractivity contribution in [1.82, 2.24) is 19.1 Å². The van der Waals surface area contributed by atoms with Crippen LogP contribution in [0, 0.1) is 0 Å². The summed E-state index contributed by atoms with van der Waals surface area (Å²) in [4.78, 5) is 9.40. The van der Waals surface area contributed by atoms with Gasteiger partial charge in [0.1, 0.15) is 0 Å². The van der Waals surface area contributed by atoms with Gasteiger partial charge in [0.2, 0.25) is 0 Å². The maximum absolute atomic E-state index is 4.75. The molecule has 0 unspecified atom stereocenters. The zero-order valence-electron chi connectivity index (χ0n) is 41.4. The fraction of sp³-hybridized carbons (Fsp3) is 0. The molecule has 4 aromatic heterocycles. The summed E-state index contributed by atoms with van der Waals surface area (Å²) in [7, 11) is 0. The van der Waals surface area contributed by atoms with Crippen molar-refractivity contribution >= 4 is 153 Å². The average Bonchev–Trinajstić information content (AvgIpc) is 3.68. The first kappa shape index (κ1) is 40.3. The second-order valence-electron chi connectivity index (χ2n) is 21.5. The summed E-state index contributed by atoms with van der Waals surface area (Å²) in [5.41, 5.74) is 18.2. The van der Waals surface area contributed by atoms with Gasteiger partial charge in [-0.05, 0) is 165 Å². The highest BCUT2D eigenvalue weighted by atomic mass is 15.0. The average molecular weight is 971 g/mol. The quantitative estimate of drug-likeness (QED) is 0.128. The third-order valence-corrected chi connectivity index (χ3v) is 17.9. The first-order valence-corrected chi connectivity index (χ1v) is 26.7. The fourth-order valence-electron chi connectivity index (χ4n) is 14.8. The standard InChI is InChI=1S/C72H39BN4/c1-3-18-50-46(14-1)48-16-5-7-20-52(48)66-54(50)27-31-63-68(66)69-67-53-21-8-6-17-49(53)47-15-2-4-19-51(47)56(67)39-59-72(69)77(63)65-23-9-22-64-70(65)73(59)58-38-45(41-25-29-61-44(35-41)13-11-33-75-61)37-57-55-36-42(26-30-62(55)76(64)71(57)58)40-24-28-60-43(34-40)12-10-32-74-60/h1-39H. The van der Waals surface area contributed by atoms with E-state index in [9.17, 15) is 0 Å². The highest BCUT2D eigenvalue weighted by molar-refractivity contribution is 7.00. The van der Waals surface area contributed by atoms with Gasteiger partial charge >= 0.3 is 0 Å². The van der Waals surface area contributed by atoms with Crippen LogP contribution in [0.1, 0.15) is 0 Å². The molecule has 0 fully saturated rings. The molecule has 350 valence electrons. The van der Waals surface area contributed by atoms with Crippen LogP contribution < -0.4 is 16.4 Å². The summed E-state index contributed by atoms with van der Waals surface area (Å²) in [6.45, 7) is -0.0900. The van der Waals surface area contributed by atoms with Gasteiger partial charge in [-0.25, -0.2) is 0 Å². The first-order valence-electron chi connectivity index (χ1n) is 26.7. The number of nitrogens with zero attached hydrogens (tertiary/aromatic N) is 4. The summed E-state index contributed by atoms with van der Waals surface area (Å²) in [6.07, 6.45) is 3.76. The van der Waals surface area contributed by atoms with Gasteiger partial charge in [0.25, 0.3) is 6.71 Å². The number of benzene rings is 13. The van der Waals surface area contributed by atoms with Crippen molar-refractivity contribution in [2.75, 3.05) is 0 Å².